The van der Waals surface area contributed by atoms with E-state index in [2.05, 4.69) is 62.5 Å². The second kappa shape index (κ2) is 70.1. The van der Waals surface area contributed by atoms with E-state index >= 15 is 0 Å². The van der Waals surface area contributed by atoms with Crippen LogP contribution in [0.1, 0.15) is 380 Å². The Bertz CT molecular complexity index is 1580. The van der Waals surface area contributed by atoms with Crippen molar-refractivity contribution in [1.29, 1.82) is 0 Å². The molecule has 0 radical (unpaired) electrons. The van der Waals surface area contributed by atoms with Gasteiger partial charge in [0.15, 0.2) is 6.10 Å². The number of likely N-dealkylation sites (N-methyl/N-ethyl adjacent to an activating group) is 1. The number of carbonyl (C=O) groups excluding carboxylic acids is 2. The van der Waals surface area contributed by atoms with Gasteiger partial charge in [0.2, 0.25) is 0 Å². The largest absolute Gasteiger partial charge is 0.477 e. The number of carbonyl (C=O) groups is 3. The molecule has 0 amide bonds. The van der Waals surface area contributed by atoms with E-state index in [1.54, 1.807) is 0 Å². The predicted octanol–water partition coefficient (Wildman–Crippen LogP) is 24.1. The molecule has 0 aromatic rings. The van der Waals surface area contributed by atoms with Gasteiger partial charge >= 0.3 is 17.9 Å². The maximum Gasteiger partial charge on any atom is 0.361 e. The molecule has 0 aliphatic rings. The van der Waals surface area contributed by atoms with Crippen LogP contribution in [0.5, 0.6) is 0 Å². The number of allylic oxidation sites excluding steroid dienone is 8. The molecule has 0 aromatic heterocycles. The van der Waals surface area contributed by atoms with Crippen LogP contribution in [0.15, 0.2) is 48.6 Å². The Balaban J connectivity index is 4.00. The normalized spacial score (nSPS) is 12.9. The molecule has 2 unspecified atom stereocenters. The summed E-state index contributed by atoms with van der Waals surface area (Å²) in [5, 5.41) is 9.76. The van der Waals surface area contributed by atoms with E-state index in [-0.39, 0.29) is 38.2 Å². The first-order valence-electron chi connectivity index (χ1n) is 38.3. The summed E-state index contributed by atoms with van der Waals surface area (Å²) in [6.07, 6.45) is 88.3. The highest BCUT2D eigenvalue weighted by atomic mass is 16.7. The van der Waals surface area contributed by atoms with Gasteiger partial charge in [-0.05, 0) is 51.4 Å². The van der Waals surface area contributed by atoms with Crippen LogP contribution < -0.4 is 0 Å². The standard InChI is InChI=1S/C79H147NO8/c1-6-8-10-12-14-16-18-20-22-24-26-28-30-32-34-36-38-40-41-43-45-47-49-51-53-55-57-59-61-63-65-67-69-76(81)86-73-75(74-87-79(78(83)84)85-72-71-80(3,4)5)88-77(82)70-68-66-64-62-60-58-56-54-52-50-48-46-44-42-39-37-35-33-31-29-27-25-23-21-19-17-15-13-11-9-7-2/h9,11,15,17,21,23,27,29,75,79H,6-8,10,12-14,16,18-20,22,24-26,28,30-74H2,1-5H3/p+1/b11-9-,17-15-,23-21-,29-27-. The summed E-state index contributed by atoms with van der Waals surface area (Å²) in [7, 11) is 5.99. The molecule has 516 valence electrons. The number of aliphatic carboxylic acids is 1. The van der Waals surface area contributed by atoms with Gasteiger partial charge in [0.1, 0.15) is 13.2 Å². The predicted molar refractivity (Wildman–Crippen MR) is 378 cm³/mol. The molecule has 0 aliphatic heterocycles. The van der Waals surface area contributed by atoms with Crippen molar-refractivity contribution in [2.75, 3.05) is 47.5 Å². The minimum Gasteiger partial charge on any atom is -0.477 e. The minimum absolute atomic E-state index is 0.176. The zero-order valence-electron chi connectivity index (χ0n) is 59.2. The molecular formula is C79H148NO8+. The van der Waals surface area contributed by atoms with Gasteiger partial charge in [0.05, 0.1) is 34.4 Å². The molecule has 0 rings (SSSR count). The summed E-state index contributed by atoms with van der Waals surface area (Å²) in [5.74, 6) is -1.97. The monoisotopic (exact) mass is 1240 g/mol. The molecule has 0 saturated heterocycles. The number of unbranched alkanes of at least 4 members (excludes halogenated alkanes) is 49. The second-order valence-corrected chi connectivity index (χ2v) is 27.3. The highest BCUT2D eigenvalue weighted by Gasteiger charge is 2.25. The van der Waals surface area contributed by atoms with Crippen molar-refractivity contribution >= 4 is 17.9 Å². The maximum atomic E-state index is 13.0. The van der Waals surface area contributed by atoms with Gasteiger partial charge in [-0.1, -0.05) is 364 Å². The third-order valence-electron chi connectivity index (χ3n) is 17.3. The van der Waals surface area contributed by atoms with Gasteiger partial charge in [-0.2, -0.15) is 0 Å². The summed E-state index contributed by atoms with van der Waals surface area (Å²) >= 11 is 0. The van der Waals surface area contributed by atoms with Gasteiger partial charge < -0.3 is 28.5 Å². The number of ether oxygens (including phenoxy) is 4. The lowest BCUT2D eigenvalue weighted by atomic mass is 10.0. The van der Waals surface area contributed by atoms with E-state index in [9.17, 15) is 19.5 Å². The fraction of sp³-hybridized carbons (Fsp3) is 0.861. The van der Waals surface area contributed by atoms with Crippen molar-refractivity contribution in [1.82, 2.24) is 0 Å². The zero-order chi connectivity index (χ0) is 64.0. The number of nitrogens with zero attached hydrogens (tertiary/aromatic N) is 1. The molecule has 0 saturated carbocycles. The van der Waals surface area contributed by atoms with Gasteiger partial charge in [-0.15, -0.1) is 0 Å². The first-order valence-corrected chi connectivity index (χ1v) is 38.3. The van der Waals surface area contributed by atoms with Crippen molar-refractivity contribution in [3.05, 3.63) is 48.6 Å². The molecule has 9 heteroatoms. The smallest absolute Gasteiger partial charge is 0.361 e. The summed E-state index contributed by atoms with van der Waals surface area (Å²) < 4.78 is 23.0. The number of rotatable bonds is 72. The lowest BCUT2D eigenvalue weighted by molar-refractivity contribution is -0.870. The second-order valence-electron chi connectivity index (χ2n) is 27.3. The lowest BCUT2D eigenvalue weighted by Crippen LogP contribution is -2.40. The van der Waals surface area contributed by atoms with Gasteiger partial charge in [0, 0.05) is 12.8 Å². The van der Waals surface area contributed by atoms with Crippen LogP contribution in [-0.4, -0.2) is 87.4 Å². The van der Waals surface area contributed by atoms with Crippen LogP contribution in [-0.2, 0) is 33.3 Å². The molecule has 0 spiro atoms. The summed E-state index contributed by atoms with van der Waals surface area (Å²) in [6, 6.07) is 0. The number of quaternary nitrogens is 1. The van der Waals surface area contributed by atoms with Crippen molar-refractivity contribution in [3.63, 3.8) is 0 Å². The van der Waals surface area contributed by atoms with Crippen LogP contribution in [0.4, 0.5) is 0 Å². The average molecular weight is 1240 g/mol. The van der Waals surface area contributed by atoms with Crippen molar-refractivity contribution < 1.29 is 42.9 Å². The third kappa shape index (κ3) is 70.7. The quantitative estimate of drug-likeness (QED) is 0.0211. The molecule has 9 nitrogen and oxygen atoms in total. The van der Waals surface area contributed by atoms with Crippen LogP contribution in [0.2, 0.25) is 0 Å². The number of esters is 2. The number of carboxylic acids is 1. The van der Waals surface area contributed by atoms with Gasteiger partial charge in [0.25, 0.3) is 6.29 Å². The average Bonchev–Trinajstić information content (AvgIpc) is 3.50. The molecule has 88 heavy (non-hydrogen) atoms. The lowest BCUT2D eigenvalue weighted by Gasteiger charge is -2.25. The summed E-state index contributed by atoms with van der Waals surface area (Å²) in [6.45, 7) is 4.84. The Kier molecular flexibility index (Phi) is 67.9. The molecule has 0 bridgehead atoms. The summed E-state index contributed by atoms with van der Waals surface area (Å²) in [5.41, 5.74) is 0. The Morgan fingerprint density at radius 2 is 0.648 bits per heavy atom. The van der Waals surface area contributed by atoms with Crippen LogP contribution in [0.3, 0.4) is 0 Å². The van der Waals surface area contributed by atoms with Crippen LogP contribution in [0, 0.1) is 0 Å². The van der Waals surface area contributed by atoms with E-state index in [1.807, 2.05) is 21.1 Å². The van der Waals surface area contributed by atoms with Crippen molar-refractivity contribution in [3.8, 4) is 0 Å². The van der Waals surface area contributed by atoms with Gasteiger partial charge in [-0.3, -0.25) is 9.59 Å². The molecule has 0 heterocycles. The Morgan fingerprint density at radius 3 is 0.966 bits per heavy atom. The van der Waals surface area contributed by atoms with E-state index in [1.165, 1.54) is 289 Å². The fourth-order valence-electron chi connectivity index (χ4n) is 11.5. The highest BCUT2D eigenvalue weighted by molar-refractivity contribution is 5.71. The molecular weight excluding hydrogens is 1090 g/mol. The summed E-state index contributed by atoms with van der Waals surface area (Å²) in [4.78, 5) is 37.7. The topological polar surface area (TPSA) is 108 Å². The third-order valence-corrected chi connectivity index (χ3v) is 17.3. The molecule has 0 aromatic carbocycles. The SMILES string of the molecule is CC/C=C\C/C=C\C/C=C\C/C=C\CCCCCCCCCCCCCCCCCCCCC(=O)OC(COC(=O)CCCCCCCCCCCCCCCCCCCCCCCCCCCCCCCCCC)COC(OCC[N+](C)(C)C)C(=O)O. The Morgan fingerprint density at radius 1 is 0.352 bits per heavy atom. The maximum absolute atomic E-state index is 13.0. The minimum atomic E-state index is -1.51. The van der Waals surface area contributed by atoms with E-state index in [0.29, 0.717) is 17.4 Å². The zero-order valence-corrected chi connectivity index (χ0v) is 59.2. The van der Waals surface area contributed by atoms with Crippen LogP contribution in [0.25, 0.3) is 0 Å². The Labute approximate surface area is 546 Å². The first kappa shape index (κ1) is 85.2. The number of hydrogen-bond acceptors (Lipinski definition) is 7. The van der Waals surface area contributed by atoms with E-state index in [4.69, 9.17) is 18.9 Å². The highest BCUT2D eigenvalue weighted by Crippen LogP contribution is 2.20. The van der Waals surface area contributed by atoms with Crippen molar-refractivity contribution in [2.24, 2.45) is 0 Å². The first-order chi connectivity index (χ1) is 43.1. The fourth-order valence-corrected chi connectivity index (χ4v) is 11.5. The van der Waals surface area contributed by atoms with Gasteiger partial charge in [-0.25, -0.2) is 4.79 Å². The van der Waals surface area contributed by atoms with E-state index < -0.39 is 18.4 Å². The van der Waals surface area contributed by atoms with E-state index in [0.717, 1.165) is 64.2 Å². The van der Waals surface area contributed by atoms with Crippen molar-refractivity contribution in [2.45, 2.75) is 392 Å². The number of carboxylic acid groups (broad SMARTS) is 1. The number of hydrogen-bond donors (Lipinski definition) is 1. The molecule has 2 atom stereocenters. The molecule has 0 aliphatic carbocycles. The van der Waals surface area contributed by atoms with Crippen LogP contribution >= 0.6 is 0 Å². The molecule has 0 fully saturated rings. The molecule has 1 N–H and O–H groups in total. The Hall–Kier alpha value is -2.75.